The van der Waals surface area contributed by atoms with Crippen LogP contribution in [0.4, 0.5) is 4.39 Å². The van der Waals surface area contributed by atoms with Gasteiger partial charge in [0.05, 0.1) is 17.8 Å². The lowest BCUT2D eigenvalue weighted by Gasteiger charge is -2.31. The number of hydrogen-bond donors (Lipinski definition) is 1. The standard InChI is InChI=1S/C21H21FN4S/c1-14(2)26-20(19(24-21(26)27)17-9-3-4-11-23-17)18-10-6-12-25(18)16-8-5-7-15(22)13-16/h3-14,19-20H,1-2H3,(H,24,27)/t19-,20-/m1/s1. The van der Waals surface area contributed by atoms with Crippen molar-refractivity contribution in [3.63, 3.8) is 0 Å². The molecule has 0 aliphatic carbocycles. The number of benzene rings is 1. The number of hydrogen-bond acceptors (Lipinski definition) is 2. The summed E-state index contributed by atoms with van der Waals surface area (Å²) in [5.74, 6) is -0.255. The number of halogens is 1. The van der Waals surface area contributed by atoms with Crippen LogP contribution in [-0.2, 0) is 0 Å². The molecule has 3 aromatic rings. The Morgan fingerprint density at radius 2 is 1.96 bits per heavy atom. The highest BCUT2D eigenvalue weighted by Gasteiger charge is 2.42. The highest BCUT2D eigenvalue weighted by atomic mass is 32.1. The van der Waals surface area contributed by atoms with Gasteiger partial charge in [0, 0.05) is 29.8 Å². The molecule has 6 heteroatoms. The van der Waals surface area contributed by atoms with Gasteiger partial charge in [-0.1, -0.05) is 12.1 Å². The van der Waals surface area contributed by atoms with Gasteiger partial charge < -0.3 is 14.8 Å². The van der Waals surface area contributed by atoms with Gasteiger partial charge in [0.1, 0.15) is 5.82 Å². The largest absolute Gasteiger partial charge is 0.352 e. The molecule has 27 heavy (non-hydrogen) atoms. The van der Waals surface area contributed by atoms with E-state index in [4.69, 9.17) is 12.2 Å². The summed E-state index contributed by atoms with van der Waals surface area (Å²) in [5.41, 5.74) is 2.76. The van der Waals surface area contributed by atoms with Gasteiger partial charge in [0.25, 0.3) is 0 Å². The van der Waals surface area contributed by atoms with E-state index in [9.17, 15) is 4.39 Å². The molecule has 0 spiro atoms. The van der Waals surface area contributed by atoms with E-state index < -0.39 is 0 Å². The first-order valence-corrected chi connectivity index (χ1v) is 9.40. The number of thiocarbonyl (C=S) groups is 1. The maximum Gasteiger partial charge on any atom is 0.170 e. The molecule has 3 heterocycles. The Balaban J connectivity index is 1.84. The molecular weight excluding hydrogens is 359 g/mol. The molecule has 0 amide bonds. The molecule has 1 aliphatic heterocycles. The quantitative estimate of drug-likeness (QED) is 0.681. The van der Waals surface area contributed by atoms with Gasteiger partial charge in [-0.05, 0) is 68.5 Å². The highest BCUT2D eigenvalue weighted by Crippen LogP contribution is 2.40. The van der Waals surface area contributed by atoms with E-state index >= 15 is 0 Å². The molecule has 1 saturated heterocycles. The van der Waals surface area contributed by atoms with E-state index in [0.29, 0.717) is 5.11 Å². The first kappa shape index (κ1) is 17.7. The van der Waals surface area contributed by atoms with Crippen LogP contribution in [0.15, 0.2) is 67.0 Å². The summed E-state index contributed by atoms with van der Waals surface area (Å²) in [6, 6.07) is 16.6. The molecule has 1 aromatic carbocycles. The van der Waals surface area contributed by atoms with Crippen LogP contribution in [-0.4, -0.2) is 25.6 Å². The zero-order chi connectivity index (χ0) is 19.0. The third-order valence-electron chi connectivity index (χ3n) is 4.86. The first-order valence-electron chi connectivity index (χ1n) is 8.99. The Hall–Kier alpha value is -2.73. The van der Waals surface area contributed by atoms with Crippen molar-refractivity contribution in [2.45, 2.75) is 32.0 Å². The van der Waals surface area contributed by atoms with Crippen molar-refractivity contribution in [1.29, 1.82) is 0 Å². The van der Waals surface area contributed by atoms with Gasteiger partial charge in [-0.3, -0.25) is 4.98 Å². The summed E-state index contributed by atoms with van der Waals surface area (Å²) in [6.45, 7) is 4.24. The number of pyridine rings is 1. The smallest absolute Gasteiger partial charge is 0.170 e. The Kier molecular flexibility index (Phi) is 4.66. The van der Waals surface area contributed by atoms with Crippen molar-refractivity contribution in [1.82, 2.24) is 19.8 Å². The summed E-state index contributed by atoms with van der Waals surface area (Å²) in [7, 11) is 0. The average Bonchev–Trinajstić information content (AvgIpc) is 3.26. The summed E-state index contributed by atoms with van der Waals surface area (Å²) >= 11 is 5.64. The normalized spacial score (nSPS) is 19.6. The molecular formula is C21H21FN4S. The highest BCUT2D eigenvalue weighted by molar-refractivity contribution is 7.80. The van der Waals surface area contributed by atoms with Crippen LogP contribution in [0.2, 0.25) is 0 Å². The van der Waals surface area contributed by atoms with Crippen molar-refractivity contribution in [2.75, 3.05) is 0 Å². The van der Waals surface area contributed by atoms with Gasteiger partial charge in [-0.2, -0.15) is 0 Å². The summed E-state index contributed by atoms with van der Waals surface area (Å²) < 4.78 is 15.8. The van der Waals surface area contributed by atoms with Crippen molar-refractivity contribution < 1.29 is 4.39 Å². The molecule has 2 atom stereocenters. The summed E-state index contributed by atoms with van der Waals surface area (Å²) in [5, 5.41) is 4.14. The predicted molar refractivity (Wildman–Crippen MR) is 108 cm³/mol. The van der Waals surface area contributed by atoms with Crippen LogP contribution >= 0.6 is 12.2 Å². The lowest BCUT2D eigenvalue weighted by atomic mass is 10.0. The Morgan fingerprint density at radius 3 is 2.67 bits per heavy atom. The third-order valence-corrected chi connectivity index (χ3v) is 5.19. The van der Waals surface area contributed by atoms with Gasteiger partial charge in [-0.25, -0.2) is 4.39 Å². The molecule has 0 unspecified atom stereocenters. The van der Waals surface area contributed by atoms with Crippen molar-refractivity contribution in [2.24, 2.45) is 0 Å². The van der Waals surface area contributed by atoms with Crippen LogP contribution in [0, 0.1) is 5.82 Å². The molecule has 138 valence electrons. The second kappa shape index (κ2) is 7.12. The van der Waals surface area contributed by atoms with Crippen molar-refractivity contribution in [3.05, 3.63) is 84.2 Å². The van der Waals surface area contributed by atoms with Gasteiger partial charge in [0.2, 0.25) is 0 Å². The van der Waals surface area contributed by atoms with Crippen molar-refractivity contribution >= 4 is 17.3 Å². The van der Waals surface area contributed by atoms with Crippen LogP contribution in [0.5, 0.6) is 0 Å². The minimum atomic E-state index is -0.255. The molecule has 0 radical (unpaired) electrons. The Bertz CT molecular complexity index is 954. The molecule has 0 saturated carbocycles. The van der Waals surface area contributed by atoms with E-state index in [1.54, 1.807) is 18.3 Å². The number of rotatable bonds is 4. The topological polar surface area (TPSA) is 33.1 Å². The maximum atomic E-state index is 13.8. The average molecular weight is 380 g/mol. The minimum absolute atomic E-state index is 0.0503. The SMILES string of the molecule is CC(C)N1C(=S)N[C@H](c2ccccn2)[C@H]1c1cccn1-c1cccc(F)c1. The molecule has 1 aliphatic rings. The van der Waals surface area contributed by atoms with Crippen LogP contribution in [0.25, 0.3) is 5.69 Å². The van der Waals surface area contributed by atoms with Crippen LogP contribution in [0.3, 0.4) is 0 Å². The maximum absolute atomic E-state index is 13.8. The summed E-state index contributed by atoms with van der Waals surface area (Å²) in [4.78, 5) is 6.74. The molecule has 2 aromatic heterocycles. The van der Waals surface area contributed by atoms with E-state index in [1.807, 2.05) is 41.1 Å². The second-order valence-electron chi connectivity index (χ2n) is 6.91. The zero-order valence-electron chi connectivity index (χ0n) is 15.2. The third kappa shape index (κ3) is 3.21. The van der Waals surface area contributed by atoms with Crippen LogP contribution in [0.1, 0.15) is 37.3 Å². The molecule has 0 bridgehead atoms. The lowest BCUT2D eigenvalue weighted by molar-refractivity contribution is 0.262. The van der Waals surface area contributed by atoms with E-state index in [0.717, 1.165) is 17.1 Å². The molecule has 1 N–H and O–H groups in total. The molecule has 4 nitrogen and oxygen atoms in total. The fourth-order valence-corrected chi connectivity index (χ4v) is 4.19. The van der Waals surface area contributed by atoms with E-state index in [-0.39, 0.29) is 23.9 Å². The summed E-state index contributed by atoms with van der Waals surface area (Å²) in [6.07, 6.45) is 3.75. The second-order valence-corrected chi connectivity index (χ2v) is 7.30. The van der Waals surface area contributed by atoms with E-state index in [1.165, 1.54) is 6.07 Å². The Morgan fingerprint density at radius 1 is 1.11 bits per heavy atom. The monoisotopic (exact) mass is 380 g/mol. The fraction of sp³-hybridized carbons (Fsp3) is 0.238. The minimum Gasteiger partial charge on any atom is -0.352 e. The molecule has 1 fully saturated rings. The number of aromatic nitrogens is 2. The van der Waals surface area contributed by atoms with Gasteiger partial charge in [0.15, 0.2) is 5.11 Å². The van der Waals surface area contributed by atoms with Crippen LogP contribution < -0.4 is 5.32 Å². The van der Waals surface area contributed by atoms with Gasteiger partial charge in [-0.15, -0.1) is 0 Å². The fourth-order valence-electron chi connectivity index (χ4n) is 3.73. The van der Waals surface area contributed by atoms with E-state index in [2.05, 4.69) is 35.1 Å². The molecule has 4 rings (SSSR count). The Labute approximate surface area is 163 Å². The predicted octanol–water partition coefficient (Wildman–Crippen LogP) is 4.39. The number of nitrogens with one attached hydrogen (secondary N) is 1. The first-order chi connectivity index (χ1) is 13.1. The zero-order valence-corrected chi connectivity index (χ0v) is 16.0. The van der Waals surface area contributed by atoms with Crippen molar-refractivity contribution in [3.8, 4) is 5.69 Å². The lowest BCUT2D eigenvalue weighted by Crippen LogP contribution is -2.36. The van der Waals surface area contributed by atoms with Gasteiger partial charge >= 0.3 is 0 Å². The number of nitrogens with zero attached hydrogens (tertiary/aromatic N) is 3.